The minimum Gasteiger partial charge on any atom is -0.485 e. The van der Waals surface area contributed by atoms with Crippen molar-refractivity contribution < 1.29 is 48.0 Å². The van der Waals surface area contributed by atoms with E-state index in [9.17, 15) is 29.1 Å². The van der Waals surface area contributed by atoms with Crippen LogP contribution in [-0.2, 0) is 47.6 Å². The van der Waals surface area contributed by atoms with Crippen LogP contribution in [0, 0.1) is 5.92 Å². The van der Waals surface area contributed by atoms with Crippen LogP contribution >= 0.6 is 11.8 Å². The Bertz CT molecular complexity index is 2150. The molecule has 14 nitrogen and oxygen atoms in total. The summed E-state index contributed by atoms with van der Waals surface area (Å²) in [5, 5.41) is 17.3. The Morgan fingerprint density at radius 1 is 0.781 bits per heavy atom. The second kappa shape index (κ2) is 23.7. The number of likely N-dealkylation sites (N-methyl/N-ethyl adjacent to an activating group) is 1. The van der Waals surface area contributed by atoms with Crippen molar-refractivity contribution in [3.63, 3.8) is 0 Å². The topological polar surface area (TPSA) is 196 Å². The fourth-order valence-corrected chi connectivity index (χ4v) is 7.39. The standard InChI is InChI=1S/C49H62N4O10S/c1-9-49(7,43(50)45(57)51-28-39(54)63-48(4,5)6)62-38-27-36(25-26-37(38)60-29-33-19-13-10-14-20-33)42(55)41(53(8)47(59)61-30-34-21-15-11-16-22-34)44(56)52-40(32(2)3)46(58)64-31-35-23-17-12-18-24-35/h10-27,32,40-43,55H,9,28-31,50H2,1-8H3,(H,51,57)(H,52,56)/t40-,41-,42+,43+,49-/m0/s1. The number of nitrogens with zero attached hydrogens (tertiary/aromatic N) is 1. The highest BCUT2D eigenvalue weighted by Gasteiger charge is 2.41. The first kappa shape index (κ1) is 50.7. The Labute approximate surface area is 380 Å². The van der Waals surface area contributed by atoms with Crippen LogP contribution in [0.25, 0.3) is 0 Å². The molecule has 5 atom stereocenters. The fourth-order valence-electron chi connectivity index (χ4n) is 6.38. The smallest absolute Gasteiger partial charge is 0.410 e. The van der Waals surface area contributed by atoms with Gasteiger partial charge in [0.25, 0.3) is 0 Å². The summed E-state index contributed by atoms with van der Waals surface area (Å²) in [6, 6.07) is 28.4. The number of nitrogens with one attached hydrogen (secondary N) is 2. The molecule has 0 saturated heterocycles. The SMILES string of the molecule is CC[C@](C)(Oc1cc([C@@H](O)[C@@H](C(=O)N[C@H](C(=O)SCc2ccccc2)C(C)C)N(C)C(=O)OCc2ccccc2)ccc1OCc1ccccc1)[C@H](N)C(=O)NCC(=O)OC(C)(C)C. The Morgan fingerprint density at radius 3 is 1.89 bits per heavy atom. The molecule has 3 amide bonds. The lowest BCUT2D eigenvalue weighted by atomic mass is 9.92. The van der Waals surface area contributed by atoms with E-state index in [0.717, 1.165) is 27.8 Å². The van der Waals surface area contributed by atoms with Crippen LogP contribution in [0.4, 0.5) is 4.79 Å². The number of amides is 3. The molecule has 64 heavy (non-hydrogen) atoms. The van der Waals surface area contributed by atoms with Gasteiger partial charge in [-0.1, -0.05) is 130 Å². The maximum Gasteiger partial charge on any atom is 0.410 e. The molecule has 4 rings (SSSR count). The third-order valence-corrected chi connectivity index (χ3v) is 11.3. The molecule has 0 aliphatic carbocycles. The highest BCUT2D eigenvalue weighted by atomic mass is 32.2. The third-order valence-electron chi connectivity index (χ3n) is 10.3. The van der Waals surface area contributed by atoms with Crippen molar-refractivity contribution in [3.05, 3.63) is 131 Å². The van der Waals surface area contributed by atoms with Gasteiger partial charge in [0.15, 0.2) is 11.5 Å². The third kappa shape index (κ3) is 15.1. The number of carbonyl (C=O) groups excluding carboxylic acids is 5. The van der Waals surface area contributed by atoms with Gasteiger partial charge in [-0.25, -0.2) is 4.79 Å². The zero-order valence-corrected chi connectivity index (χ0v) is 38.7. The molecule has 0 aliphatic heterocycles. The van der Waals surface area contributed by atoms with Crippen LogP contribution < -0.4 is 25.8 Å². The number of hydrogen-bond acceptors (Lipinski definition) is 12. The monoisotopic (exact) mass is 898 g/mol. The molecule has 15 heteroatoms. The van der Waals surface area contributed by atoms with E-state index >= 15 is 0 Å². The van der Waals surface area contributed by atoms with E-state index in [1.807, 2.05) is 66.7 Å². The lowest BCUT2D eigenvalue weighted by Crippen LogP contribution is -2.58. The molecule has 0 aliphatic rings. The molecule has 0 bridgehead atoms. The maximum absolute atomic E-state index is 14.5. The predicted octanol–water partition coefficient (Wildman–Crippen LogP) is 6.87. The van der Waals surface area contributed by atoms with Gasteiger partial charge in [0.2, 0.25) is 16.9 Å². The van der Waals surface area contributed by atoms with Gasteiger partial charge in [0.1, 0.15) is 55.2 Å². The van der Waals surface area contributed by atoms with Crippen molar-refractivity contribution in [2.24, 2.45) is 11.7 Å². The Hall–Kier alpha value is -5.90. The first-order valence-electron chi connectivity index (χ1n) is 21.2. The molecule has 0 fully saturated rings. The van der Waals surface area contributed by atoms with Gasteiger partial charge in [0, 0.05) is 12.8 Å². The highest BCUT2D eigenvalue weighted by Crippen LogP contribution is 2.37. The van der Waals surface area contributed by atoms with Crippen LogP contribution in [-0.4, -0.2) is 81.9 Å². The maximum atomic E-state index is 14.5. The van der Waals surface area contributed by atoms with Gasteiger partial charge in [-0.2, -0.15) is 0 Å². The summed E-state index contributed by atoms with van der Waals surface area (Å²) >= 11 is 1.06. The average Bonchev–Trinajstić information content (AvgIpc) is 3.27. The lowest BCUT2D eigenvalue weighted by molar-refractivity contribution is -0.154. The number of esters is 1. The minimum absolute atomic E-state index is 0.0632. The number of benzene rings is 4. The van der Waals surface area contributed by atoms with Crippen LogP contribution in [0.15, 0.2) is 109 Å². The van der Waals surface area contributed by atoms with Gasteiger partial charge in [0.05, 0.1) is 0 Å². The predicted molar refractivity (Wildman–Crippen MR) is 246 cm³/mol. The summed E-state index contributed by atoms with van der Waals surface area (Å²) in [6.07, 6.45) is -2.43. The van der Waals surface area contributed by atoms with Gasteiger partial charge >= 0.3 is 12.1 Å². The first-order valence-corrected chi connectivity index (χ1v) is 22.2. The van der Waals surface area contributed by atoms with E-state index in [1.165, 1.54) is 19.2 Å². The van der Waals surface area contributed by atoms with Gasteiger partial charge in [-0.15, -0.1) is 0 Å². The Kier molecular flexibility index (Phi) is 18.8. The molecule has 0 heterocycles. The van der Waals surface area contributed by atoms with Gasteiger partial charge in [-0.3, -0.25) is 24.1 Å². The number of rotatable bonds is 21. The van der Waals surface area contributed by atoms with Gasteiger partial charge < -0.3 is 40.4 Å². The van der Waals surface area contributed by atoms with Crippen LogP contribution in [0.5, 0.6) is 11.5 Å². The van der Waals surface area contributed by atoms with Crippen molar-refractivity contribution in [2.45, 2.75) is 109 Å². The Morgan fingerprint density at radius 2 is 1.34 bits per heavy atom. The second-order valence-corrected chi connectivity index (χ2v) is 17.9. The van der Waals surface area contributed by atoms with E-state index in [0.29, 0.717) is 11.3 Å². The average molecular weight is 899 g/mol. The van der Waals surface area contributed by atoms with Crippen molar-refractivity contribution in [1.29, 1.82) is 0 Å². The van der Waals surface area contributed by atoms with E-state index in [-0.39, 0.29) is 47.7 Å². The zero-order chi connectivity index (χ0) is 47.0. The van der Waals surface area contributed by atoms with Crippen molar-refractivity contribution in [2.75, 3.05) is 13.6 Å². The number of ether oxygens (including phenoxy) is 4. The second-order valence-electron chi connectivity index (χ2n) is 16.9. The lowest BCUT2D eigenvalue weighted by Gasteiger charge is -2.35. The first-order chi connectivity index (χ1) is 30.3. The van der Waals surface area contributed by atoms with Crippen molar-refractivity contribution >= 4 is 40.8 Å². The summed E-state index contributed by atoms with van der Waals surface area (Å²) in [7, 11) is 1.33. The minimum atomic E-state index is -1.72. The number of thioether (sulfide) groups is 1. The molecule has 0 unspecified atom stereocenters. The molecule has 0 aromatic heterocycles. The summed E-state index contributed by atoms with van der Waals surface area (Å²) in [5.74, 6) is -1.83. The molecule has 4 aromatic carbocycles. The quantitative estimate of drug-likeness (QED) is 0.0635. The van der Waals surface area contributed by atoms with Crippen molar-refractivity contribution in [1.82, 2.24) is 15.5 Å². The molecular weight excluding hydrogens is 837 g/mol. The largest absolute Gasteiger partial charge is 0.485 e. The number of aliphatic hydroxyl groups is 1. The van der Waals surface area contributed by atoms with Crippen LogP contribution in [0.2, 0.25) is 0 Å². The summed E-state index contributed by atoms with van der Waals surface area (Å²) in [5.41, 5.74) is 6.97. The number of nitrogens with two attached hydrogens (primary N) is 1. The summed E-state index contributed by atoms with van der Waals surface area (Å²) in [4.78, 5) is 68.6. The van der Waals surface area contributed by atoms with E-state index in [2.05, 4.69) is 10.6 Å². The molecule has 0 spiro atoms. The fraction of sp³-hybridized carbons (Fsp3) is 0.408. The van der Waals surface area contributed by atoms with Crippen LogP contribution in [0.1, 0.15) is 83.2 Å². The number of hydrogen-bond donors (Lipinski definition) is 4. The number of aliphatic hydroxyl groups excluding tert-OH is 1. The van der Waals surface area contributed by atoms with Gasteiger partial charge in [-0.05, 0) is 74.4 Å². The van der Waals surface area contributed by atoms with Crippen LogP contribution in [0.3, 0.4) is 0 Å². The molecule has 0 radical (unpaired) electrons. The molecule has 344 valence electrons. The van der Waals surface area contributed by atoms with Crippen molar-refractivity contribution in [3.8, 4) is 11.5 Å². The molecule has 5 N–H and O–H groups in total. The summed E-state index contributed by atoms with van der Waals surface area (Å²) < 4.78 is 23.7. The Balaban J connectivity index is 1.70. The van der Waals surface area contributed by atoms with E-state index in [4.69, 9.17) is 24.7 Å². The summed E-state index contributed by atoms with van der Waals surface area (Å²) in [6.45, 7) is 11.7. The normalized spacial score (nSPS) is 14.2. The zero-order valence-electron chi connectivity index (χ0n) is 37.9. The molecule has 0 saturated carbocycles. The van der Waals surface area contributed by atoms with E-state index < -0.39 is 65.9 Å². The van der Waals surface area contributed by atoms with E-state index in [1.54, 1.807) is 78.8 Å². The molecular formula is C49H62N4O10S. The number of carbonyl (C=O) groups is 5. The highest BCUT2D eigenvalue weighted by molar-refractivity contribution is 8.13. The molecule has 4 aromatic rings.